The van der Waals surface area contributed by atoms with Crippen molar-refractivity contribution in [2.45, 2.75) is 30.7 Å². The van der Waals surface area contributed by atoms with Gasteiger partial charge in [0.05, 0.1) is 11.7 Å². The number of pyridine rings is 1. The first kappa shape index (κ1) is 14.1. The van der Waals surface area contributed by atoms with Gasteiger partial charge in [0.25, 0.3) is 5.91 Å². The van der Waals surface area contributed by atoms with E-state index in [9.17, 15) is 4.79 Å². The average Bonchev–Trinajstić information content (AvgIpc) is 2.97. The number of carbonyl (C=O) groups excluding carboxylic acids is 1. The van der Waals surface area contributed by atoms with Crippen LogP contribution in [0.3, 0.4) is 0 Å². The molecule has 1 saturated heterocycles. The van der Waals surface area contributed by atoms with Crippen LogP contribution in [-0.2, 0) is 0 Å². The molecule has 1 fully saturated rings. The lowest BCUT2D eigenvalue weighted by molar-refractivity contribution is 0.0733. The Bertz CT molecular complexity index is 637. The van der Waals surface area contributed by atoms with Gasteiger partial charge in [-0.1, -0.05) is 6.07 Å². The zero-order chi connectivity index (χ0) is 14.8. The molecule has 1 unspecified atom stereocenters. The van der Waals surface area contributed by atoms with Gasteiger partial charge in [-0.3, -0.25) is 9.78 Å². The van der Waals surface area contributed by atoms with Crippen LogP contribution in [0.25, 0.3) is 0 Å². The highest BCUT2D eigenvalue weighted by atomic mass is 32.1. The number of hydrogen-bond acceptors (Lipinski definition) is 3. The molecule has 1 atom stereocenters. The standard InChI is InChI=1S/C17H18N2OS/c1-12-4-9-15(18-11-12)16-3-2-10-19(16)17(20)13-5-7-14(21)8-6-13/h4-9,11,16,21H,2-3,10H2,1H3. The maximum atomic E-state index is 12.7. The molecular formula is C17H18N2OS. The molecule has 108 valence electrons. The highest BCUT2D eigenvalue weighted by molar-refractivity contribution is 7.80. The largest absolute Gasteiger partial charge is 0.330 e. The molecule has 0 radical (unpaired) electrons. The summed E-state index contributed by atoms with van der Waals surface area (Å²) in [6.07, 6.45) is 3.87. The Labute approximate surface area is 130 Å². The maximum Gasteiger partial charge on any atom is 0.254 e. The molecule has 0 spiro atoms. The normalized spacial score (nSPS) is 18.0. The monoisotopic (exact) mass is 298 g/mol. The van der Waals surface area contributed by atoms with Gasteiger partial charge in [0.15, 0.2) is 0 Å². The molecule has 3 rings (SSSR count). The highest BCUT2D eigenvalue weighted by Gasteiger charge is 2.31. The quantitative estimate of drug-likeness (QED) is 0.858. The van der Waals surface area contributed by atoms with E-state index in [4.69, 9.17) is 0 Å². The van der Waals surface area contributed by atoms with E-state index in [-0.39, 0.29) is 11.9 Å². The Morgan fingerprint density at radius 3 is 2.67 bits per heavy atom. The Hall–Kier alpha value is -1.81. The van der Waals surface area contributed by atoms with Crippen LogP contribution in [0.2, 0.25) is 0 Å². The summed E-state index contributed by atoms with van der Waals surface area (Å²) in [6.45, 7) is 2.81. The van der Waals surface area contributed by atoms with Crippen molar-refractivity contribution < 1.29 is 4.79 Å². The summed E-state index contributed by atoms with van der Waals surface area (Å²) >= 11 is 4.26. The lowest BCUT2D eigenvalue weighted by atomic mass is 10.1. The number of hydrogen-bond donors (Lipinski definition) is 1. The minimum atomic E-state index is 0.0770. The summed E-state index contributed by atoms with van der Waals surface area (Å²) < 4.78 is 0. The zero-order valence-electron chi connectivity index (χ0n) is 12.0. The molecule has 1 aliphatic heterocycles. The van der Waals surface area contributed by atoms with E-state index in [1.807, 2.05) is 48.4 Å². The van der Waals surface area contributed by atoms with Crippen molar-refractivity contribution in [2.24, 2.45) is 0 Å². The summed E-state index contributed by atoms with van der Waals surface area (Å²) in [4.78, 5) is 20.0. The Balaban J connectivity index is 1.85. The summed E-state index contributed by atoms with van der Waals surface area (Å²) in [5.74, 6) is 0.0770. The molecule has 21 heavy (non-hydrogen) atoms. The molecule has 4 heteroatoms. The van der Waals surface area contributed by atoms with Gasteiger partial charge >= 0.3 is 0 Å². The average molecular weight is 298 g/mol. The van der Waals surface area contributed by atoms with Gasteiger partial charge in [-0.05, 0) is 55.7 Å². The second-order valence-electron chi connectivity index (χ2n) is 5.46. The Kier molecular flexibility index (Phi) is 3.97. The molecule has 1 aliphatic rings. The molecule has 1 amide bonds. The van der Waals surface area contributed by atoms with Crippen LogP contribution < -0.4 is 0 Å². The third-order valence-corrected chi connectivity index (χ3v) is 4.20. The number of aryl methyl sites for hydroxylation is 1. The predicted octanol–water partition coefficient (Wildman–Crippen LogP) is 3.66. The minimum Gasteiger partial charge on any atom is -0.330 e. The number of benzene rings is 1. The molecule has 0 aliphatic carbocycles. The first-order valence-corrected chi connectivity index (χ1v) is 7.62. The third-order valence-electron chi connectivity index (χ3n) is 3.90. The van der Waals surface area contributed by atoms with Gasteiger partial charge in [-0.2, -0.15) is 0 Å². The Morgan fingerprint density at radius 2 is 2.00 bits per heavy atom. The second kappa shape index (κ2) is 5.90. The van der Waals surface area contributed by atoms with E-state index in [2.05, 4.69) is 23.7 Å². The molecular weight excluding hydrogens is 280 g/mol. The van der Waals surface area contributed by atoms with Crippen LogP contribution in [0.4, 0.5) is 0 Å². The van der Waals surface area contributed by atoms with Crippen molar-refractivity contribution in [2.75, 3.05) is 6.54 Å². The van der Waals surface area contributed by atoms with Crippen LogP contribution in [0.15, 0.2) is 47.5 Å². The lowest BCUT2D eigenvalue weighted by Crippen LogP contribution is -2.30. The zero-order valence-corrected chi connectivity index (χ0v) is 12.9. The number of carbonyl (C=O) groups is 1. The van der Waals surface area contributed by atoms with E-state index in [0.717, 1.165) is 35.5 Å². The lowest BCUT2D eigenvalue weighted by Gasteiger charge is -2.24. The van der Waals surface area contributed by atoms with E-state index in [1.54, 1.807) is 0 Å². The van der Waals surface area contributed by atoms with Gasteiger partial charge < -0.3 is 4.90 Å². The first-order chi connectivity index (χ1) is 10.1. The number of rotatable bonds is 2. The van der Waals surface area contributed by atoms with Crippen LogP contribution in [0, 0.1) is 6.92 Å². The number of aromatic nitrogens is 1. The molecule has 0 saturated carbocycles. The van der Waals surface area contributed by atoms with Gasteiger partial charge in [0.2, 0.25) is 0 Å². The number of thiol groups is 1. The molecule has 3 nitrogen and oxygen atoms in total. The van der Waals surface area contributed by atoms with E-state index in [1.165, 1.54) is 0 Å². The number of amides is 1. The predicted molar refractivity (Wildman–Crippen MR) is 85.7 cm³/mol. The van der Waals surface area contributed by atoms with Crippen molar-refractivity contribution in [1.29, 1.82) is 0 Å². The van der Waals surface area contributed by atoms with E-state index in [0.29, 0.717) is 5.56 Å². The molecule has 1 aromatic heterocycles. The van der Waals surface area contributed by atoms with Crippen molar-refractivity contribution in [3.05, 3.63) is 59.4 Å². The first-order valence-electron chi connectivity index (χ1n) is 7.18. The smallest absolute Gasteiger partial charge is 0.254 e. The molecule has 2 aromatic rings. The number of nitrogens with zero attached hydrogens (tertiary/aromatic N) is 2. The molecule has 0 N–H and O–H groups in total. The fraction of sp³-hybridized carbons (Fsp3) is 0.294. The highest BCUT2D eigenvalue weighted by Crippen LogP contribution is 2.32. The van der Waals surface area contributed by atoms with E-state index >= 15 is 0 Å². The fourth-order valence-corrected chi connectivity index (χ4v) is 2.91. The van der Waals surface area contributed by atoms with Crippen molar-refractivity contribution in [1.82, 2.24) is 9.88 Å². The van der Waals surface area contributed by atoms with E-state index < -0.39 is 0 Å². The van der Waals surface area contributed by atoms with Crippen LogP contribution in [0.1, 0.15) is 40.5 Å². The summed E-state index contributed by atoms with van der Waals surface area (Å²) in [6, 6.07) is 11.6. The fourth-order valence-electron chi connectivity index (χ4n) is 2.76. The van der Waals surface area contributed by atoms with Crippen molar-refractivity contribution >= 4 is 18.5 Å². The third kappa shape index (κ3) is 2.95. The summed E-state index contributed by atoms with van der Waals surface area (Å²) in [5.41, 5.74) is 2.84. The second-order valence-corrected chi connectivity index (χ2v) is 5.98. The molecule has 0 bridgehead atoms. The minimum absolute atomic E-state index is 0.0770. The topological polar surface area (TPSA) is 33.2 Å². The van der Waals surface area contributed by atoms with Crippen molar-refractivity contribution in [3.63, 3.8) is 0 Å². The van der Waals surface area contributed by atoms with Crippen LogP contribution >= 0.6 is 12.6 Å². The number of likely N-dealkylation sites (tertiary alicyclic amines) is 1. The van der Waals surface area contributed by atoms with Gasteiger partial charge in [0, 0.05) is 23.2 Å². The summed E-state index contributed by atoms with van der Waals surface area (Å²) in [5, 5.41) is 0. The van der Waals surface area contributed by atoms with Crippen molar-refractivity contribution in [3.8, 4) is 0 Å². The molecule has 1 aromatic carbocycles. The van der Waals surface area contributed by atoms with Gasteiger partial charge in [0.1, 0.15) is 0 Å². The SMILES string of the molecule is Cc1ccc(C2CCCN2C(=O)c2ccc(S)cc2)nc1. The van der Waals surface area contributed by atoms with Gasteiger partial charge in [-0.15, -0.1) is 12.6 Å². The summed E-state index contributed by atoms with van der Waals surface area (Å²) in [7, 11) is 0. The maximum absolute atomic E-state index is 12.7. The van der Waals surface area contributed by atoms with Crippen LogP contribution in [0.5, 0.6) is 0 Å². The van der Waals surface area contributed by atoms with Crippen LogP contribution in [-0.4, -0.2) is 22.3 Å². The molecule has 2 heterocycles. The van der Waals surface area contributed by atoms with Gasteiger partial charge in [-0.25, -0.2) is 0 Å². The Morgan fingerprint density at radius 1 is 1.24 bits per heavy atom.